The van der Waals surface area contributed by atoms with Gasteiger partial charge in [0.2, 0.25) is 0 Å². The lowest BCUT2D eigenvalue weighted by atomic mass is 10.2. The highest BCUT2D eigenvalue weighted by Crippen LogP contribution is 2.22. The number of benzene rings is 1. The van der Waals surface area contributed by atoms with Gasteiger partial charge >= 0.3 is 0 Å². The molecule has 2 N–H and O–H groups in total. The van der Waals surface area contributed by atoms with E-state index in [1.165, 1.54) is 0 Å². The zero-order valence-corrected chi connectivity index (χ0v) is 12.3. The van der Waals surface area contributed by atoms with Crippen LogP contribution in [0.2, 0.25) is 10.0 Å². The molecule has 1 amide bonds. The number of nitrogens with zero attached hydrogens (tertiary/aromatic N) is 1. The zero-order chi connectivity index (χ0) is 13.7. The average Bonchev–Trinajstić information content (AvgIpc) is 2.32. The van der Waals surface area contributed by atoms with Crippen LogP contribution in [0, 0.1) is 0 Å². The Morgan fingerprint density at radius 3 is 2.67 bits per heavy atom. The van der Waals surface area contributed by atoms with E-state index < -0.39 is 0 Å². The Balaban J connectivity index is 2.89. The van der Waals surface area contributed by atoms with E-state index in [9.17, 15) is 4.79 Å². The average molecular weight is 305 g/mol. The topological polar surface area (TPSA) is 46.3 Å². The Morgan fingerprint density at radius 2 is 2.11 bits per heavy atom. The number of nitrogens with two attached hydrogens (primary N) is 1. The van der Waals surface area contributed by atoms with Crippen molar-refractivity contribution in [2.75, 3.05) is 13.1 Å². The lowest BCUT2D eigenvalue weighted by molar-refractivity contribution is 0.0769. The third-order valence-corrected chi connectivity index (χ3v) is 3.22. The Morgan fingerprint density at radius 1 is 1.44 bits per heavy atom. The predicted octanol–water partition coefficient (Wildman–Crippen LogP) is 3.13. The fourth-order valence-corrected chi connectivity index (χ4v) is 1.94. The first-order valence-electron chi connectivity index (χ1n) is 5.48. The molecule has 0 saturated heterocycles. The molecule has 1 aromatic carbocycles. The van der Waals surface area contributed by atoms with Gasteiger partial charge in [-0.05, 0) is 25.1 Å². The SMILES string of the molecule is CCN(CCC(N)=S)C(=O)c1cc(Cl)ccc1Cl. The number of amides is 1. The first kappa shape index (κ1) is 15.2. The molecule has 1 aromatic rings. The van der Waals surface area contributed by atoms with Crippen molar-refractivity contribution >= 4 is 46.3 Å². The van der Waals surface area contributed by atoms with E-state index in [1.807, 2.05) is 6.92 Å². The highest BCUT2D eigenvalue weighted by atomic mass is 35.5. The van der Waals surface area contributed by atoms with Crippen LogP contribution >= 0.6 is 35.4 Å². The van der Waals surface area contributed by atoms with Gasteiger partial charge in [0.05, 0.1) is 15.6 Å². The molecule has 0 radical (unpaired) electrons. The first-order valence-corrected chi connectivity index (χ1v) is 6.64. The molecule has 0 heterocycles. The largest absolute Gasteiger partial charge is 0.393 e. The molecule has 18 heavy (non-hydrogen) atoms. The van der Waals surface area contributed by atoms with Gasteiger partial charge in [0.15, 0.2) is 0 Å². The van der Waals surface area contributed by atoms with Crippen LogP contribution in [0.5, 0.6) is 0 Å². The van der Waals surface area contributed by atoms with Gasteiger partial charge in [-0.3, -0.25) is 4.79 Å². The molecule has 1 rings (SSSR count). The van der Waals surface area contributed by atoms with Gasteiger partial charge in [-0.2, -0.15) is 0 Å². The summed E-state index contributed by atoms with van der Waals surface area (Å²) in [7, 11) is 0. The molecule has 0 aromatic heterocycles. The number of hydrogen-bond donors (Lipinski definition) is 1. The Labute approximate surface area is 122 Å². The third-order valence-electron chi connectivity index (χ3n) is 2.46. The standard InChI is InChI=1S/C12H14Cl2N2OS/c1-2-16(6-5-11(15)18)12(17)9-7-8(13)3-4-10(9)14/h3-4,7H,2,5-6H2,1H3,(H2,15,18). The van der Waals surface area contributed by atoms with Gasteiger partial charge in [-0.15, -0.1) is 0 Å². The molecule has 0 spiro atoms. The summed E-state index contributed by atoms with van der Waals surface area (Å²) in [5.74, 6) is -0.166. The van der Waals surface area contributed by atoms with Gasteiger partial charge in [0, 0.05) is 24.5 Å². The molecule has 0 fully saturated rings. The molecule has 0 aliphatic rings. The second-order valence-electron chi connectivity index (χ2n) is 3.73. The van der Waals surface area contributed by atoms with E-state index in [0.29, 0.717) is 40.1 Å². The van der Waals surface area contributed by atoms with Crippen molar-refractivity contribution in [1.82, 2.24) is 4.90 Å². The lowest BCUT2D eigenvalue weighted by Gasteiger charge is -2.21. The van der Waals surface area contributed by atoms with Crippen LogP contribution in [-0.2, 0) is 0 Å². The highest BCUT2D eigenvalue weighted by molar-refractivity contribution is 7.80. The van der Waals surface area contributed by atoms with Crippen molar-refractivity contribution in [2.45, 2.75) is 13.3 Å². The molecule has 0 aliphatic heterocycles. The van der Waals surface area contributed by atoms with E-state index in [-0.39, 0.29) is 5.91 Å². The Kier molecular flexibility index (Phi) is 5.85. The summed E-state index contributed by atoms with van der Waals surface area (Å²) < 4.78 is 0. The molecule has 0 atom stereocenters. The molecule has 0 bridgehead atoms. The molecular weight excluding hydrogens is 291 g/mol. The molecule has 3 nitrogen and oxygen atoms in total. The Hall–Kier alpha value is -0.840. The van der Waals surface area contributed by atoms with Crippen LogP contribution in [0.15, 0.2) is 18.2 Å². The van der Waals surface area contributed by atoms with Crippen LogP contribution in [0.1, 0.15) is 23.7 Å². The van der Waals surface area contributed by atoms with Crippen molar-refractivity contribution in [2.24, 2.45) is 5.73 Å². The van der Waals surface area contributed by atoms with E-state index in [4.69, 9.17) is 41.2 Å². The lowest BCUT2D eigenvalue weighted by Crippen LogP contribution is -2.33. The maximum absolute atomic E-state index is 12.3. The smallest absolute Gasteiger partial charge is 0.255 e. The van der Waals surface area contributed by atoms with Crippen LogP contribution in [0.4, 0.5) is 0 Å². The van der Waals surface area contributed by atoms with Crippen LogP contribution in [0.25, 0.3) is 0 Å². The van der Waals surface area contributed by atoms with E-state index in [0.717, 1.165) is 0 Å². The maximum atomic E-state index is 12.3. The minimum Gasteiger partial charge on any atom is -0.393 e. The monoisotopic (exact) mass is 304 g/mol. The number of carbonyl (C=O) groups excluding carboxylic acids is 1. The van der Waals surface area contributed by atoms with Gasteiger partial charge < -0.3 is 10.6 Å². The van der Waals surface area contributed by atoms with Gasteiger partial charge in [-0.1, -0.05) is 35.4 Å². The molecule has 0 unspecified atom stereocenters. The van der Waals surface area contributed by atoms with Crippen molar-refractivity contribution in [3.05, 3.63) is 33.8 Å². The third kappa shape index (κ3) is 4.12. The van der Waals surface area contributed by atoms with Crippen molar-refractivity contribution in [1.29, 1.82) is 0 Å². The second-order valence-corrected chi connectivity index (χ2v) is 5.09. The molecule has 6 heteroatoms. The van der Waals surface area contributed by atoms with E-state index in [1.54, 1.807) is 23.1 Å². The fourth-order valence-electron chi connectivity index (χ4n) is 1.48. The van der Waals surface area contributed by atoms with Crippen LogP contribution < -0.4 is 5.73 Å². The van der Waals surface area contributed by atoms with Crippen molar-refractivity contribution in [3.8, 4) is 0 Å². The Bertz CT molecular complexity index is 465. The van der Waals surface area contributed by atoms with Crippen LogP contribution in [0.3, 0.4) is 0 Å². The molecule has 98 valence electrons. The summed E-state index contributed by atoms with van der Waals surface area (Å²) in [6.07, 6.45) is 0.493. The summed E-state index contributed by atoms with van der Waals surface area (Å²) in [5.41, 5.74) is 5.83. The van der Waals surface area contributed by atoms with Crippen molar-refractivity contribution in [3.63, 3.8) is 0 Å². The second kappa shape index (κ2) is 6.92. The van der Waals surface area contributed by atoms with E-state index >= 15 is 0 Å². The highest BCUT2D eigenvalue weighted by Gasteiger charge is 2.17. The van der Waals surface area contributed by atoms with Gasteiger partial charge in [0.25, 0.3) is 5.91 Å². The number of rotatable bonds is 5. The summed E-state index contributed by atoms with van der Waals surface area (Å²) in [4.78, 5) is 14.3. The van der Waals surface area contributed by atoms with Gasteiger partial charge in [-0.25, -0.2) is 0 Å². The quantitative estimate of drug-likeness (QED) is 0.850. The first-order chi connectivity index (χ1) is 8.45. The fraction of sp³-hybridized carbons (Fsp3) is 0.333. The normalized spacial score (nSPS) is 10.2. The van der Waals surface area contributed by atoms with E-state index in [2.05, 4.69) is 0 Å². The predicted molar refractivity (Wildman–Crippen MR) is 79.4 cm³/mol. The minimum absolute atomic E-state index is 0.166. The zero-order valence-electron chi connectivity index (χ0n) is 9.95. The molecule has 0 aliphatic carbocycles. The number of halogens is 2. The molecule has 0 saturated carbocycles. The molecular formula is C12H14Cl2N2OS. The summed E-state index contributed by atoms with van der Waals surface area (Å²) in [5, 5.41) is 0.867. The number of hydrogen-bond acceptors (Lipinski definition) is 2. The van der Waals surface area contributed by atoms with Crippen LogP contribution in [-0.4, -0.2) is 28.9 Å². The maximum Gasteiger partial charge on any atom is 0.255 e. The number of carbonyl (C=O) groups is 1. The van der Waals surface area contributed by atoms with Crippen molar-refractivity contribution < 1.29 is 4.79 Å². The summed E-state index contributed by atoms with van der Waals surface area (Å²) in [6.45, 7) is 2.92. The number of thiocarbonyl (C=S) groups is 1. The van der Waals surface area contributed by atoms with Gasteiger partial charge in [0.1, 0.15) is 0 Å². The minimum atomic E-state index is -0.166. The summed E-state index contributed by atoms with van der Waals surface area (Å²) in [6, 6.07) is 4.82. The summed E-state index contributed by atoms with van der Waals surface area (Å²) >= 11 is 16.7.